The Kier molecular flexibility index (Phi) is 2.78. The smallest absolute Gasteiger partial charge is 0.0450 e. The first kappa shape index (κ1) is 12.2. The molecule has 1 heterocycles. The largest absolute Gasteiger partial charge is 0.344 e. The zero-order valence-corrected chi connectivity index (χ0v) is 12.1. The third-order valence-corrected chi connectivity index (χ3v) is 4.32. The van der Waals surface area contributed by atoms with E-state index in [1.165, 1.54) is 33.6 Å². The van der Waals surface area contributed by atoms with Crippen LogP contribution in [0.5, 0.6) is 0 Å². The standard InChI is InChI=1S/C20H17N/c1-21-19-12-6-5-10-16(19)14-18-17(11-7-13-20(18)21)15-8-3-2-4-9-15/h2-13H,14H2,1H3. The lowest BCUT2D eigenvalue weighted by molar-refractivity contribution is 1.06. The van der Waals surface area contributed by atoms with Crippen molar-refractivity contribution in [3.63, 3.8) is 0 Å². The van der Waals surface area contributed by atoms with E-state index in [-0.39, 0.29) is 0 Å². The number of nitrogens with zero attached hydrogens (tertiary/aromatic N) is 1. The molecule has 0 fully saturated rings. The van der Waals surface area contributed by atoms with Crippen molar-refractivity contribution in [1.82, 2.24) is 0 Å². The molecule has 21 heavy (non-hydrogen) atoms. The van der Waals surface area contributed by atoms with Crippen LogP contribution in [0, 0.1) is 0 Å². The monoisotopic (exact) mass is 271 g/mol. The van der Waals surface area contributed by atoms with Gasteiger partial charge in [0.15, 0.2) is 0 Å². The number of rotatable bonds is 1. The molecule has 0 saturated carbocycles. The van der Waals surface area contributed by atoms with Gasteiger partial charge in [0.05, 0.1) is 0 Å². The predicted molar refractivity (Wildman–Crippen MR) is 89.2 cm³/mol. The lowest BCUT2D eigenvalue weighted by Crippen LogP contribution is -2.18. The van der Waals surface area contributed by atoms with Crippen molar-refractivity contribution in [3.05, 3.63) is 83.9 Å². The van der Waals surface area contributed by atoms with Gasteiger partial charge in [0, 0.05) is 24.8 Å². The van der Waals surface area contributed by atoms with Gasteiger partial charge in [-0.05, 0) is 34.4 Å². The molecule has 0 amide bonds. The van der Waals surface area contributed by atoms with Crippen LogP contribution in [0.1, 0.15) is 11.1 Å². The van der Waals surface area contributed by atoms with Crippen LogP contribution in [0.4, 0.5) is 11.4 Å². The van der Waals surface area contributed by atoms with E-state index in [9.17, 15) is 0 Å². The van der Waals surface area contributed by atoms with Crippen LogP contribution < -0.4 is 4.90 Å². The minimum absolute atomic E-state index is 1.00. The summed E-state index contributed by atoms with van der Waals surface area (Å²) in [4.78, 5) is 2.31. The summed E-state index contributed by atoms with van der Waals surface area (Å²) in [7, 11) is 2.16. The molecule has 4 rings (SSSR count). The molecule has 3 aromatic carbocycles. The van der Waals surface area contributed by atoms with Crippen molar-refractivity contribution in [2.45, 2.75) is 6.42 Å². The molecule has 1 aliphatic heterocycles. The van der Waals surface area contributed by atoms with E-state index in [2.05, 4.69) is 84.7 Å². The Balaban J connectivity index is 1.92. The second kappa shape index (κ2) is 4.78. The van der Waals surface area contributed by atoms with Crippen molar-refractivity contribution in [2.24, 2.45) is 0 Å². The molecule has 0 atom stereocenters. The average Bonchev–Trinajstić information content (AvgIpc) is 2.56. The predicted octanol–water partition coefficient (Wildman–Crippen LogP) is 5.03. The van der Waals surface area contributed by atoms with Crippen LogP contribution in [-0.2, 0) is 6.42 Å². The van der Waals surface area contributed by atoms with Gasteiger partial charge in [0.2, 0.25) is 0 Å². The Hall–Kier alpha value is -2.54. The van der Waals surface area contributed by atoms with E-state index in [1.807, 2.05) is 0 Å². The Morgan fingerprint density at radius 3 is 2.29 bits per heavy atom. The fourth-order valence-corrected chi connectivity index (χ4v) is 3.27. The summed E-state index contributed by atoms with van der Waals surface area (Å²) in [6, 6.07) is 25.9. The van der Waals surface area contributed by atoms with Gasteiger partial charge < -0.3 is 4.90 Å². The lowest BCUT2D eigenvalue weighted by atomic mass is 9.89. The second-order valence-corrected chi connectivity index (χ2v) is 5.53. The fourth-order valence-electron chi connectivity index (χ4n) is 3.27. The first-order valence-corrected chi connectivity index (χ1v) is 7.33. The number of hydrogen-bond acceptors (Lipinski definition) is 1. The first-order valence-electron chi connectivity index (χ1n) is 7.33. The van der Waals surface area contributed by atoms with Crippen molar-refractivity contribution in [3.8, 4) is 11.1 Å². The number of para-hydroxylation sites is 1. The minimum atomic E-state index is 1.00. The van der Waals surface area contributed by atoms with Gasteiger partial charge >= 0.3 is 0 Å². The zero-order chi connectivity index (χ0) is 14.2. The zero-order valence-electron chi connectivity index (χ0n) is 12.1. The Morgan fingerprint density at radius 1 is 0.714 bits per heavy atom. The molecule has 0 N–H and O–H groups in total. The van der Waals surface area contributed by atoms with E-state index in [0.29, 0.717) is 0 Å². The van der Waals surface area contributed by atoms with E-state index in [4.69, 9.17) is 0 Å². The van der Waals surface area contributed by atoms with Gasteiger partial charge in [-0.2, -0.15) is 0 Å². The molecule has 0 aliphatic carbocycles. The highest BCUT2D eigenvalue weighted by Crippen LogP contribution is 2.41. The number of hydrogen-bond donors (Lipinski definition) is 0. The average molecular weight is 271 g/mol. The van der Waals surface area contributed by atoms with Crippen LogP contribution in [0.15, 0.2) is 72.8 Å². The first-order chi connectivity index (χ1) is 10.3. The normalized spacial score (nSPS) is 12.7. The van der Waals surface area contributed by atoms with Gasteiger partial charge in [-0.1, -0.05) is 60.7 Å². The van der Waals surface area contributed by atoms with Crippen LogP contribution in [0.25, 0.3) is 11.1 Å². The molecule has 0 bridgehead atoms. The molecule has 1 heteroatoms. The van der Waals surface area contributed by atoms with Gasteiger partial charge in [-0.15, -0.1) is 0 Å². The van der Waals surface area contributed by atoms with Crippen molar-refractivity contribution < 1.29 is 0 Å². The topological polar surface area (TPSA) is 3.24 Å². The summed E-state index contributed by atoms with van der Waals surface area (Å²) < 4.78 is 0. The molecule has 0 unspecified atom stereocenters. The Bertz CT molecular complexity index is 790. The highest BCUT2D eigenvalue weighted by atomic mass is 15.1. The van der Waals surface area contributed by atoms with E-state index in [1.54, 1.807) is 0 Å². The van der Waals surface area contributed by atoms with Crippen LogP contribution >= 0.6 is 0 Å². The highest BCUT2D eigenvalue weighted by molar-refractivity contribution is 5.82. The third kappa shape index (κ3) is 1.93. The van der Waals surface area contributed by atoms with Crippen molar-refractivity contribution in [1.29, 1.82) is 0 Å². The quantitative estimate of drug-likeness (QED) is 0.600. The molecular formula is C20H17N. The molecule has 0 saturated heterocycles. The minimum Gasteiger partial charge on any atom is -0.344 e. The van der Waals surface area contributed by atoms with Crippen molar-refractivity contribution in [2.75, 3.05) is 11.9 Å². The summed E-state index contributed by atoms with van der Waals surface area (Å²) in [6.07, 6.45) is 1.00. The summed E-state index contributed by atoms with van der Waals surface area (Å²) in [5.41, 5.74) is 8.09. The van der Waals surface area contributed by atoms with E-state index in [0.717, 1.165) is 6.42 Å². The Morgan fingerprint density at radius 2 is 1.43 bits per heavy atom. The second-order valence-electron chi connectivity index (χ2n) is 5.53. The Labute approximate surface area is 125 Å². The van der Waals surface area contributed by atoms with Crippen LogP contribution in [0.2, 0.25) is 0 Å². The number of fused-ring (bicyclic) bond motifs is 2. The van der Waals surface area contributed by atoms with Crippen molar-refractivity contribution >= 4 is 11.4 Å². The molecule has 102 valence electrons. The maximum absolute atomic E-state index is 2.31. The maximum Gasteiger partial charge on any atom is 0.0450 e. The van der Waals surface area contributed by atoms with E-state index >= 15 is 0 Å². The van der Waals surface area contributed by atoms with E-state index < -0.39 is 0 Å². The van der Waals surface area contributed by atoms with Gasteiger partial charge in [0.25, 0.3) is 0 Å². The number of benzene rings is 3. The van der Waals surface area contributed by atoms with Gasteiger partial charge in [-0.25, -0.2) is 0 Å². The maximum atomic E-state index is 2.31. The summed E-state index contributed by atoms with van der Waals surface area (Å²) in [6.45, 7) is 0. The molecule has 0 spiro atoms. The molecule has 3 aromatic rings. The SMILES string of the molecule is CN1c2ccccc2Cc2c(-c3ccccc3)cccc21. The third-order valence-electron chi connectivity index (χ3n) is 4.32. The highest BCUT2D eigenvalue weighted by Gasteiger charge is 2.21. The summed E-state index contributed by atoms with van der Waals surface area (Å²) in [5.74, 6) is 0. The van der Waals surface area contributed by atoms with Gasteiger partial charge in [0.1, 0.15) is 0 Å². The lowest BCUT2D eigenvalue weighted by Gasteiger charge is -2.31. The summed E-state index contributed by atoms with van der Waals surface area (Å²) >= 11 is 0. The molecule has 0 aromatic heterocycles. The fraction of sp³-hybridized carbons (Fsp3) is 0.100. The van der Waals surface area contributed by atoms with Crippen LogP contribution in [-0.4, -0.2) is 7.05 Å². The summed E-state index contributed by atoms with van der Waals surface area (Å²) in [5, 5.41) is 0. The number of anilines is 2. The molecule has 1 nitrogen and oxygen atoms in total. The van der Waals surface area contributed by atoms with Gasteiger partial charge in [-0.3, -0.25) is 0 Å². The molecular weight excluding hydrogens is 254 g/mol. The molecule has 1 aliphatic rings. The molecule has 0 radical (unpaired) electrons. The van der Waals surface area contributed by atoms with Crippen LogP contribution in [0.3, 0.4) is 0 Å².